The van der Waals surface area contributed by atoms with Gasteiger partial charge in [-0.15, -0.1) is 0 Å². The van der Waals surface area contributed by atoms with Gasteiger partial charge in [0, 0.05) is 23.7 Å². The molecule has 170 valence electrons. The van der Waals surface area contributed by atoms with Crippen LogP contribution in [0.5, 0.6) is 0 Å². The van der Waals surface area contributed by atoms with Crippen LogP contribution in [0.25, 0.3) is 34.0 Å². The summed E-state index contributed by atoms with van der Waals surface area (Å²) in [5.74, 6) is 0.121. The van der Waals surface area contributed by atoms with E-state index in [9.17, 15) is 8.42 Å². The van der Waals surface area contributed by atoms with Crippen LogP contribution < -0.4 is 11.1 Å². The van der Waals surface area contributed by atoms with Gasteiger partial charge in [-0.3, -0.25) is 0 Å². The van der Waals surface area contributed by atoms with Crippen molar-refractivity contribution in [2.75, 3.05) is 12.8 Å². The summed E-state index contributed by atoms with van der Waals surface area (Å²) in [4.78, 5) is 8.63. The zero-order chi connectivity index (χ0) is 25.3. The monoisotopic (exact) mass is 465 g/mol. The van der Waals surface area contributed by atoms with Gasteiger partial charge in [-0.1, -0.05) is 41.6 Å². The third kappa shape index (κ3) is 4.64. The molecule has 2 heterocycles. The van der Waals surface area contributed by atoms with Crippen LogP contribution in [-0.2, 0) is 16.4 Å². The molecule has 9 heteroatoms. The number of sulfone groups is 1. The lowest BCUT2D eigenvalue weighted by Crippen LogP contribution is -2.13. The number of hydrogen-bond donors (Lipinski definition) is 2. The lowest BCUT2D eigenvalue weighted by molar-refractivity contribution is 0.434. The second-order valence-corrected chi connectivity index (χ2v) is 10.2. The molecular weight excluding hydrogens is 438 g/mol. The molecular formula is C24H25N5O3S. The fourth-order valence-electron chi connectivity index (χ4n) is 3.16. The zero-order valence-corrected chi connectivity index (χ0v) is 19.3. The SMILES string of the molecule is [2H]c1cc(-c2cnc(N)c(-c3onc(-c4ccc(CNC)cc4)c3[2H])n2)ccc1S(=O)(=O)C(C)C. The van der Waals surface area contributed by atoms with Crippen LogP contribution in [-0.4, -0.2) is 35.8 Å². The van der Waals surface area contributed by atoms with E-state index in [1.54, 1.807) is 19.9 Å². The van der Waals surface area contributed by atoms with Crippen LogP contribution in [0, 0.1) is 0 Å². The Morgan fingerprint density at radius 3 is 2.45 bits per heavy atom. The van der Waals surface area contributed by atoms with E-state index in [1.807, 2.05) is 31.3 Å². The first kappa shape index (κ1) is 20.1. The third-order valence-electron chi connectivity index (χ3n) is 5.09. The average molecular weight is 466 g/mol. The Morgan fingerprint density at radius 2 is 1.79 bits per heavy atom. The number of nitrogens with zero attached hydrogens (tertiary/aromatic N) is 3. The summed E-state index contributed by atoms with van der Waals surface area (Å²) in [5, 5.41) is 6.49. The molecule has 0 atom stereocenters. The van der Waals surface area contributed by atoms with Crippen molar-refractivity contribution in [3.63, 3.8) is 0 Å². The van der Waals surface area contributed by atoms with Crippen molar-refractivity contribution >= 4 is 15.7 Å². The second-order valence-electron chi connectivity index (χ2n) is 7.74. The first-order valence-electron chi connectivity index (χ1n) is 11.3. The molecule has 2 aromatic heterocycles. The van der Waals surface area contributed by atoms with Gasteiger partial charge in [-0.05, 0) is 38.6 Å². The van der Waals surface area contributed by atoms with E-state index < -0.39 is 15.1 Å². The Kier molecular flexibility index (Phi) is 5.55. The summed E-state index contributed by atoms with van der Waals surface area (Å²) < 4.78 is 47.2. The molecule has 0 aliphatic carbocycles. The van der Waals surface area contributed by atoms with E-state index in [0.29, 0.717) is 22.5 Å². The maximum absolute atomic E-state index is 12.5. The second kappa shape index (κ2) is 9.13. The Bertz CT molecular complexity index is 1490. The first-order valence-corrected chi connectivity index (χ1v) is 11.9. The first-order chi connectivity index (χ1) is 16.6. The van der Waals surface area contributed by atoms with Crippen molar-refractivity contribution in [2.24, 2.45) is 0 Å². The largest absolute Gasteiger partial charge is 0.382 e. The van der Waals surface area contributed by atoms with Gasteiger partial charge < -0.3 is 15.6 Å². The van der Waals surface area contributed by atoms with E-state index in [0.717, 1.165) is 12.1 Å². The molecule has 8 nitrogen and oxygen atoms in total. The maximum Gasteiger partial charge on any atom is 0.189 e. The summed E-state index contributed by atoms with van der Waals surface area (Å²) in [7, 11) is -1.73. The van der Waals surface area contributed by atoms with Gasteiger partial charge in [0.25, 0.3) is 0 Å². The summed E-state index contributed by atoms with van der Waals surface area (Å²) in [5.41, 5.74) is 9.18. The number of nitrogens with one attached hydrogen (secondary N) is 1. The molecule has 0 bridgehead atoms. The number of anilines is 1. The van der Waals surface area contributed by atoms with Gasteiger partial charge in [0.1, 0.15) is 5.69 Å². The van der Waals surface area contributed by atoms with E-state index in [4.69, 9.17) is 13.0 Å². The molecule has 0 spiro atoms. The Labute approximate surface area is 195 Å². The van der Waals surface area contributed by atoms with Gasteiger partial charge in [0.2, 0.25) is 0 Å². The molecule has 0 aliphatic heterocycles. The molecule has 33 heavy (non-hydrogen) atoms. The van der Waals surface area contributed by atoms with Crippen molar-refractivity contribution < 1.29 is 15.7 Å². The lowest BCUT2D eigenvalue weighted by atomic mass is 10.1. The predicted molar refractivity (Wildman–Crippen MR) is 128 cm³/mol. The summed E-state index contributed by atoms with van der Waals surface area (Å²) in [6, 6.07) is 11.9. The Morgan fingerprint density at radius 1 is 1.09 bits per heavy atom. The molecule has 0 radical (unpaired) electrons. The molecule has 0 unspecified atom stereocenters. The van der Waals surface area contributed by atoms with Gasteiger partial charge in [0.05, 0.1) is 24.8 Å². The van der Waals surface area contributed by atoms with Crippen molar-refractivity contribution in [1.82, 2.24) is 20.4 Å². The molecule has 4 aromatic rings. The molecule has 0 saturated carbocycles. The number of benzene rings is 2. The minimum atomic E-state index is -3.59. The van der Waals surface area contributed by atoms with Crippen molar-refractivity contribution in [2.45, 2.75) is 30.5 Å². The van der Waals surface area contributed by atoms with E-state index >= 15 is 0 Å². The molecule has 2 aromatic carbocycles. The molecule has 4 rings (SSSR count). The maximum atomic E-state index is 12.5. The fourth-order valence-corrected chi connectivity index (χ4v) is 4.15. The smallest absolute Gasteiger partial charge is 0.189 e. The van der Waals surface area contributed by atoms with Crippen LogP contribution in [0.1, 0.15) is 22.2 Å². The zero-order valence-electron chi connectivity index (χ0n) is 20.5. The summed E-state index contributed by atoms with van der Waals surface area (Å²) in [6.07, 6.45) is 1.42. The van der Waals surface area contributed by atoms with E-state index in [-0.39, 0.29) is 34.3 Å². The van der Waals surface area contributed by atoms with Gasteiger partial charge in [0.15, 0.2) is 27.1 Å². The number of nitrogens with two attached hydrogens (primary N) is 1. The highest BCUT2D eigenvalue weighted by atomic mass is 32.2. The summed E-state index contributed by atoms with van der Waals surface area (Å²) in [6.45, 7) is 3.87. The Balaban J connectivity index is 1.72. The van der Waals surface area contributed by atoms with E-state index in [2.05, 4.69) is 20.4 Å². The quantitative estimate of drug-likeness (QED) is 0.420. The van der Waals surface area contributed by atoms with Crippen molar-refractivity contribution in [3.8, 4) is 34.0 Å². The highest BCUT2D eigenvalue weighted by Crippen LogP contribution is 2.30. The molecule has 0 aliphatic rings. The number of hydrogen-bond acceptors (Lipinski definition) is 8. The van der Waals surface area contributed by atoms with Crippen LogP contribution in [0.3, 0.4) is 0 Å². The van der Waals surface area contributed by atoms with Crippen molar-refractivity contribution in [3.05, 3.63) is 66.3 Å². The van der Waals surface area contributed by atoms with Crippen LogP contribution >= 0.6 is 0 Å². The third-order valence-corrected chi connectivity index (χ3v) is 7.20. The Hall–Kier alpha value is -3.56. The fraction of sp³-hybridized carbons (Fsp3) is 0.208. The van der Waals surface area contributed by atoms with Crippen molar-refractivity contribution in [1.29, 1.82) is 0 Å². The molecule has 0 saturated heterocycles. The van der Waals surface area contributed by atoms with Gasteiger partial charge in [-0.25, -0.2) is 18.4 Å². The minimum Gasteiger partial charge on any atom is -0.382 e. The van der Waals surface area contributed by atoms with Crippen LogP contribution in [0.4, 0.5) is 5.82 Å². The summed E-state index contributed by atoms with van der Waals surface area (Å²) >= 11 is 0. The minimum absolute atomic E-state index is 0.0177. The normalized spacial score (nSPS) is 12.6. The average Bonchev–Trinajstić information content (AvgIpc) is 3.20. The number of nitrogen functional groups attached to an aromatic ring is 1. The number of aromatic nitrogens is 3. The molecule has 0 amide bonds. The van der Waals surface area contributed by atoms with E-state index in [1.165, 1.54) is 18.3 Å². The predicted octanol–water partition coefficient (Wildman–Crippen LogP) is 3.95. The van der Waals surface area contributed by atoms with Gasteiger partial charge in [-0.2, -0.15) is 0 Å². The van der Waals surface area contributed by atoms with Gasteiger partial charge >= 0.3 is 0 Å². The lowest BCUT2D eigenvalue weighted by Gasteiger charge is -2.09. The number of rotatable bonds is 7. The topological polar surface area (TPSA) is 124 Å². The van der Waals surface area contributed by atoms with Crippen LogP contribution in [0.15, 0.2) is 70.2 Å². The highest BCUT2D eigenvalue weighted by Gasteiger charge is 2.20. The van der Waals surface area contributed by atoms with Crippen LogP contribution in [0.2, 0.25) is 0 Å². The highest BCUT2D eigenvalue weighted by molar-refractivity contribution is 7.92. The molecule has 3 N–H and O–H groups in total. The molecule has 0 fully saturated rings. The standard InChI is InChI=1S/C24H25N5O3S/c1-15(2)33(30,31)19-10-8-18(9-11-19)21-14-27-24(25)23(28-21)22-12-20(29-32-22)17-6-4-16(5-7-17)13-26-3/h4-12,14-15,26H,13H2,1-3H3,(H2,25,27)/i10D,12D.